The van der Waals surface area contributed by atoms with Crippen molar-refractivity contribution in [3.05, 3.63) is 0 Å². The second-order valence-corrected chi connectivity index (χ2v) is 7.40. The molecule has 0 spiro atoms. The first-order chi connectivity index (χ1) is 7.01. The predicted molar refractivity (Wildman–Crippen MR) is 64.8 cm³/mol. The number of hydrogen-bond donors (Lipinski definition) is 1. The first-order valence-electron chi connectivity index (χ1n) is 5.15. The topological polar surface area (TPSA) is 80.5 Å². The summed E-state index contributed by atoms with van der Waals surface area (Å²) in [4.78, 5) is 13.2. The molecule has 0 radical (unpaired) electrons. The van der Waals surface area contributed by atoms with E-state index in [2.05, 4.69) is 0 Å². The van der Waals surface area contributed by atoms with E-state index in [0.29, 0.717) is 13.1 Å². The molecule has 0 aliphatic rings. The molecule has 2 N–H and O–H groups in total. The van der Waals surface area contributed by atoms with Gasteiger partial charge in [0, 0.05) is 19.8 Å². The molecule has 1 amide bonds. The van der Waals surface area contributed by atoms with Gasteiger partial charge in [0.25, 0.3) is 0 Å². The van der Waals surface area contributed by atoms with Crippen LogP contribution in [0.2, 0.25) is 0 Å². The van der Waals surface area contributed by atoms with Gasteiger partial charge in [-0.3, -0.25) is 4.79 Å². The van der Waals surface area contributed by atoms with Crippen molar-refractivity contribution in [1.82, 2.24) is 4.90 Å². The van der Waals surface area contributed by atoms with Crippen LogP contribution in [0.15, 0.2) is 0 Å². The lowest BCUT2D eigenvalue weighted by atomic mass is 9.93. The van der Waals surface area contributed by atoms with E-state index in [1.54, 1.807) is 7.05 Å². The number of carbonyl (C=O) groups excluding carboxylic acids is 1. The molecular weight excluding hydrogens is 228 g/mol. The molecule has 0 fully saturated rings. The molecule has 0 saturated carbocycles. The van der Waals surface area contributed by atoms with Crippen LogP contribution in [0.1, 0.15) is 20.8 Å². The van der Waals surface area contributed by atoms with Gasteiger partial charge in [-0.25, -0.2) is 8.42 Å². The van der Waals surface area contributed by atoms with E-state index < -0.39 is 15.1 Å². The second-order valence-electron chi connectivity index (χ2n) is 5.03. The second kappa shape index (κ2) is 5.14. The first kappa shape index (κ1) is 15.4. The molecule has 0 aromatic rings. The SMILES string of the molecule is CC(C(=O)N(C)CC(C)(C)CN)S(C)(=O)=O. The summed E-state index contributed by atoms with van der Waals surface area (Å²) in [6, 6.07) is 0. The van der Waals surface area contributed by atoms with E-state index in [9.17, 15) is 13.2 Å². The Labute approximate surface area is 97.9 Å². The Balaban J connectivity index is 4.65. The lowest BCUT2D eigenvalue weighted by Crippen LogP contribution is -2.45. The molecule has 0 aromatic carbocycles. The summed E-state index contributed by atoms with van der Waals surface area (Å²) in [7, 11) is -1.73. The Kier molecular flexibility index (Phi) is 4.94. The minimum absolute atomic E-state index is 0.207. The van der Waals surface area contributed by atoms with E-state index in [1.165, 1.54) is 11.8 Å². The third-order valence-electron chi connectivity index (χ3n) is 2.58. The van der Waals surface area contributed by atoms with Crippen molar-refractivity contribution < 1.29 is 13.2 Å². The Morgan fingerprint density at radius 1 is 1.44 bits per heavy atom. The van der Waals surface area contributed by atoms with E-state index in [4.69, 9.17) is 5.73 Å². The average molecular weight is 250 g/mol. The van der Waals surface area contributed by atoms with Crippen LogP contribution in [-0.4, -0.2) is 50.9 Å². The highest BCUT2D eigenvalue weighted by Crippen LogP contribution is 2.15. The number of amides is 1. The van der Waals surface area contributed by atoms with Gasteiger partial charge in [-0.1, -0.05) is 13.8 Å². The number of sulfone groups is 1. The maximum Gasteiger partial charge on any atom is 0.240 e. The van der Waals surface area contributed by atoms with E-state index >= 15 is 0 Å². The molecule has 6 heteroatoms. The molecule has 0 saturated heterocycles. The summed E-state index contributed by atoms with van der Waals surface area (Å²) < 4.78 is 22.5. The maximum atomic E-state index is 11.8. The van der Waals surface area contributed by atoms with Crippen molar-refractivity contribution in [3.8, 4) is 0 Å². The normalized spacial score (nSPS) is 14.6. The van der Waals surface area contributed by atoms with E-state index in [1.807, 2.05) is 13.8 Å². The number of rotatable bonds is 5. The van der Waals surface area contributed by atoms with Crippen molar-refractivity contribution in [2.75, 3.05) is 26.4 Å². The van der Waals surface area contributed by atoms with Crippen LogP contribution in [0.25, 0.3) is 0 Å². The summed E-state index contributed by atoms with van der Waals surface area (Å²) in [5, 5.41) is -0.994. The molecule has 0 heterocycles. The third-order valence-corrected chi connectivity index (χ3v) is 4.07. The van der Waals surface area contributed by atoms with Gasteiger partial charge < -0.3 is 10.6 Å². The molecule has 96 valence electrons. The van der Waals surface area contributed by atoms with Crippen LogP contribution in [0.5, 0.6) is 0 Å². The van der Waals surface area contributed by atoms with Crippen LogP contribution in [-0.2, 0) is 14.6 Å². The highest BCUT2D eigenvalue weighted by atomic mass is 32.2. The smallest absolute Gasteiger partial charge is 0.240 e. The lowest BCUT2D eigenvalue weighted by Gasteiger charge is -2.30. The molecular formula is C10H22N2O3S. The lowest BCUT2D eigenvalue weighted by molar-refractivity contribution is -0.130. The van der Waals surface area contributed by atoms with Crippen LogP contribution < -0.4 is 5.73 Å². The van der Waals surface area contributed by atoms with Crippen LogP contribution in [0.4, 0.5) is 0 Å². The van der Waals surface area contributed by atoms with Crippen LogP contribution >= 0.6 is 0 Å². The molecule has 0 bridgehead atoms. The quantitative estimate of drug-likeness (QED) is 0.736. The molecule has 5 nitrogen and oxygen atoms in total. The van der Waals surface area contributed by atoms with Gasteiger partial charge in [-0.2, -0.15) is 0 Å². The summed E-state index contributed by atoms with van der Waals surface area (Å²) in [6.07, 6.45) is 1.07. The van der Waals surface area contributed by atoms with Crippen molar-refractivity contribution in [2.24, 2.45) is 11.1 Å². The largest absolute Gasteiger partial charge is 0.344 e. The highest BCUT2D eigenvalue weighted by molar-refractivity contribution is 7.92. The van der Waals surface area contributed by atoms with Gasteiger partial charge >= 0.3 is 0 Å². The standard InChI is InChI=1S/C10H22N2O3S/c1-8(16(5,14)15)9(13)12(4)7-10(2,3)6-11/h8H,6-7,11H2,1-5H3. The Morgan fingerprint density at radius 2 is 1.88 bits per heavy atom. The van der Waals surface area contributed by atoms with E-state index in [0.717, 1.165) is 6.26 Å². The minimum Gasteiger partial charge on any atom is -0.344 e. The minimum atomic E-state index is -3.33. The van der Waals surface area contributed by atoms with Crippen LogP contribution in [0, 0.1) is 5.41 Å². The fourth-order valence-electron chi connectivity index (χ4n) is 1.28. The number of hydrogen-bond acceptors (Lipinski definition) is 4. The molecule has 1 atom stereocenters. The van der Waals surface area contributed by atoms with Gasteiger partial charge in [-0.15, -0.1) is 0 Å². The monoisotopic (exact) mass is 250 g/mol. The molecule has 0 aliphatic carbocycles. The van der Waals surface area contributed by atoms with Crippen LogP contribution in [0.3, 0.4) is 0 Å². The zero-order valence-corrected chi connectivity index (χ0v) is 11.5. The fraction of sp³-hybridized carbons (Fsp3) is 0.900. The number of carbonyl (C=O) groups is 1. The number of nitrogens with two attached hydrogens (primary N) is 1. The summed E-state index contributed by atoms with van der Waals surface area (Å²) in [6.45, 7) is 6.16. The van der Waals surface area contributed by atoms with Gasteiger partial charge in [0.05, 0.1) is 0 Å². The summed E-state index contributed by atoms with van der Waals surface area (Å²) in [5.41, 5.74) is 5.35. The van der Waals surface area contributed by atoms with Crippen molar-refractivity contribution in [1.29, 1.82) is 0 Å². The van der Waals surface area contributed by atoms with Gasteiger partial charge in [-0.05, 0) is 18.9 Å². The molecule has 0 rings (SSSR count). The molecule has 1 unspecified atom stereocenters. The Bertz CT molecular complexity index is 349. The average Bonchev–Trinajstić information content (AvgIpc) is 2.13. The fourth-order valence-corrected chi connectivity index (χ4v) is 1.82. The zero-order valence-electron chi connectivity index (χ0n) is 10.6. The first-order valence-corrected chi connectivity index (χ1v) is 7.10. The van der Waals surface area contributed by atoms with Crippen molar-refractivity contribution in [3.63, 3.8) is 0 Å². The van der Waals surface area contributed by atoms with Gasteiger partial charge in [0.1, 0.15) is 5.25 Å². The van der Waals surface area contributed by atoms with E-state index in [-0.39, 0.29) is 11.3 Å². The Morgan fingerprint density at radius 3 is 2.19 bits per heavy atom. The van der Waals surface area contributed by atoms with Crippen molar-refractivity contribution >= 4 is 15.7 Å². The van der Waals surface area contributed by atoms with Gasteiger partial charge in [0.15, 0.2) is 9.84 Å². The number of nitrogens with zero attached hydrogens (tertiary/aromatic N) is 1. The predicted octanol–water partition coefficient (Wildman–Crippen LogP) is -0.137. The maximum absolute atomic E-state index is 11.8. The summed E-state index contributed by atoms with van der Waals surface area (Å²) in [5.74, 6) is -0.385. The third kappa shape index (κ3) is 4.49. The molecule has 0 aromatic heterocycles. The molecule has 16 heavy (non-hydrogen) atoms. The highest BCUT2D eigenvalue weighted by Gasteiger charge is 2.29. The Hall–Kier alpha value is -0.620. The van der Waals surface area contributed by atoms with Crippen molar-refractivity contribution in [2.45, 2.75) is 26.0 Å². The molecule has 0 aliphatic heterocycles. The zero-order chi connectivity index (χ0) is 13.1. The van der Waals surface area contributed by atoms with Gasteiger partial charge in [0.2, 0.25) is 5.91 Å². The summed E-state index contributed by atoms with van der Waals surface area (Å²) >= 11 is 0.